The molecule has 3 rings (SSSR count). The third kappa shape index (κ3) is 5.28. The topological polar surface area (TPSA) is 55.4 Å². The summed E-state index contributed by atoms with van der Waals surface area (Å²) in [5.41, 5.74) is 2.31. The van der Waals surface area contributed by atoms with Gasteiger partial charge in [-0.2, -0.15) is 0 Å². The minimum atomic E-state index is -0.534. The molecule has 0 aliphatic rings. The van der Waals surface area contributed by atoms with Crippen LogP contribution < -0.4 is 5.32 Å². The highest BCUT2D eigenvalue weighted by atomic mass is 79.9. The summed E-state index contributed by atoms with van der Waals surface area (Å²) in [5, 5.41) is 2.94. The Labute approximate surface area is 166 Å². The second kappa shape index (κ2) is 9.14. The molecule has 5 heteroatoms. The lowest BCUT2D eigenvalue weighted by Gasteiger charge is -2.20. The average Bonchev–Trinajstić information content (AvgIpc) is 2.72. The lowest BCUT2D eigenvalue weighted by molar-refractivity contribution is -0.124. The molecule has 0 spiro atoms. The molecule has 0 atom stereocenters. The Kier molecular flexibility index (Phi) is 6.39. The van der Waals surface area contributed by atoms with E-state index in [1.807, 2.05) is 60.7 Å². The minimum absolute atomic E-state index is 0.314. The number of rotatable bonds is 6. The van der Waals surface area contributed by atoms with Crippen molar-refractivity contribution >= 4 is 27.8 Å². The summed E-state index contributed by atoms with van der Waals surface area (Å²) in [5.74, 6) is -0.896. The molecule has 0 saturated heterocycles. The van der Waals surface area contributed by atoms with Crippen molar-refractivity contribution in [2.24, 2.45) is 0 Å². The van der Waals surface area contributed by atoms with Gasteiger partial charge >= 0.3 is 5.97 Å². The molecule has 0 radical (unpaired) electrons. The number of carbonyl (C=O) groups excluding carboxylic acids is 2. The molecule has 4 nitrogen and oxygen atoms in total. The van der Waals surface area contributed by atoms with Gasteiger partial charge in [-0.1, -0.05) is 76.6 Å². The maximum Gasteiger partial charge on any atom is 0.338 e. The van der Waals surface area contributed by atoms with Crippen LogP contribution in [0.25, 0.3) is 0 Å². The standard InChI is InChI=1S/C22H18BrNO3/c23-19-13-11-18(12-14-19)22(26)27-15-20(25)24-21(16-7-3-1-4-8-16)17-9-5-2-6-10-17/h1-14,21H,15H2,(H,24,25). The van der Waals surface area contributed by atoms with Crippen molar-refractivity contribution in [2.45, 2.75) is 6.04 Å². The zero-order valence-electron chi connectivity index (χ0n) is 14.5. The lowest BCUT2D eigenvalue weighted by atomic mass is 9.99. The molecule has 1 N–H and O–H groups in total. The van der Waals surface area contributed by atoms with Gasteiger partial charge in [-0.05, 0) is 35.4 Å². The Balaban J connectivity index is 1.66. The van der Waals surface area contributed by atoms with E-state index >= 15 is 0 Å². The summed E-state index contributed by atoms with van der Waals surface area (Å²) >= 11 is 3.31. The Hall–Kier alpha value is -2.92. The van der Waals surface area contributed by atoms with Crippen molar-refractivity contribution in [3.63, 3.8) is 0 Å². The van der Waals surface area contributed by atoms with Crippen LogP contribution >= 0.6 is 15.9 Å². The first-order valence-electron chi connectivity index (χ1n) is 8.45. The lowest BCUT2D eigenvalue weighted by Crippen LogP contribution is -2.33. The van der Waals surface area contributed by atoms with Crippen molar-refractivity contribution in [3.05, 3.63) is 106 Å². The van der Waals surface area contributed by atoms with Crippen molar-refractivity contribution in [1.29, 1.82) is 0 Å². The molecule has 3 aromatic rings. The number of halogens is 1. The number of nitrogens with one attached hydrogen (secondary N) is 1. The summed E-state index contributed by atoms with van der Waals surface area (Å²) < 4.78 is 6.00. The van der Waals surface area contributed by atoms with Crippen LogP contribution in [0, 0.1) is 0 Å². The van der Waals surface area contributed by atoms with E-state index in [-0.39, 0.29) is 18.6 Å². The van der Waals surface area contributed by atoms with E-state index in [1.165, 1.54) is 0 Å². The minimum Gasteiger partial charge on any atom is -0.452 e. The van der Waals surface area contributed by atoms with Gasteiger partial charge in [0.15, 0.2) is 6.61 Å². The SMILES string of the molecule is O=C(COC(=O)c1ccc(Br)cc1)NC(c1ccccc1)c1ccccc1. The van der Waals surface area contributed by atoms with E-state index in [9.17, 15) is 9.59 Å². The van der Waals surface area contributed by atoms with Gasteiger partial charge in [-0.25, -0.2) is 4.79 Å². The largest absolute Gasteiger partial charge is 0.452 e. The van der Waals surface area contributed by atoms with Crippen LogP contribution in [-0.2, 0) is 9.53 Å². The van der Waals surface area contributed by atoms with Crippen LogP contribution in [0.3, 0.4) is 0 Å². The summed E-state index contributed by atoms with van der Waals surface area (Å²) in [7, 11) is 0. The fourth-order valence-corrected chi connectivity index (χ4v) is 2.92. The molecule has 0 aliphatic carbocycles. The van der Waals surface area contributed by atoms with Gasteiger partial charge < -0.3 is 10.1 Å². The van der Waals surface area contributed by atoms with E-state index in [0.717, 1.165) is 15.6 Å². The Morgan fingerprint density at radius 3 is 1.85 bits per heavy atom. The predicted molar refractivity (Wildman–Crippen MR) is 107 cm³/mol. The molecular weight excluding hydrogens is 406 g/mol. The van der Waals surface area contributed by atoms with Gasteiger partial charge in [0, 0.05) is 4.47 Å². The number of benzene rings is 3. The van der Waals surface area contributed by atoms with Gasteiger partial charge in [-0.3, -0.25) is 4.79 Å². The summed E-state index contributed by atoms with van der Waals surface area (Å²) in [6, 6.07) is 25.8. The molecular formula is C22H18BrNO3. The summed E-state index contributed by atoms with van der Waals surface area (Å²) in [6.45, 7) is -0.342. The van der Waals surface area contributed by atoms with E-state index < -0.39 is 5.97 Å². The number of amides is 1. The number of esters is 1. The maximum atomic E-state index is 12.4. The first kappa shape index (κ1) is 18.9. The van der Waals surface area contributed by atoms with Crippen molar-refractivity contribution in [3.8, 4) is 0 Å². The second-order valence-electron chi connectivity index (χ2n) is 5.90. The molecule has 3 aromatic carbocycles. The maximum absolute atomic E-state index is 12.4. The summed E-state index contributed by atoms with van der Waals surface area (Å²) in [6.07, 6.45) is 0. The first-order chi connectivity index (χ1) is 13.1. The fourth-order valence-electron chi connectivity index (χ4n) is 2.65. The van der Waals surface area contributed by atoms with Gasteiger partial charge in [0.05, 0.1) is 11.6 Å². The van der Waals surface area contributed by atoms with Crippen LogP contribution in [0.2, 0.25) is 0 Å². The molecule has 136 valence electrons. The molecule has 0 saturated carbocycles. The smallest absolute Gasteiger partial charge is 0.338 e. The van der Waals surface area contributed by atoms with Crippen LogP contribution in [0.4, 0.5) is 0 Å². The molecule has 0 unspecified atom stereocenters. The predicted octanol–water partition coefficient (Wildman–Crippen LogP) is 4.51. The zero-order chi connectivity index (χ0) is 19.1. The van der Waals surface area contributed by atoms with E-state index in [1.54, 1.807) is 24.3 Å². The molecule has 0 bridgehead atoms. The molecule has 0 heterocycles. The van der Waals surface area contributed by atoms with E-state index in [0.29, 0.717) is 5.56 Å². The van der Waals surface area contributed by atoms with Crippen LogP contribution in [0.15, 0.2) is 89.4 Å². The average molecular weight is 424 g/mol. The van der Waals surface area contributed by atoms with Gasteiger partial charge in [0.2, 0.25) is 0 Å². The third-order valence-electron chi connectivity index (χ3n) is 3.99. The first-order valence-corrected chi connectivity index (χ1v) is 9.25. The number of hydrogen-bond donors (Lipinski definition) is 1. The van der Waals surface area contributed by atoms with Crippen molar-refractivity contribution in [2.75, 3.05) is 6.61 Å². The third-order valence-corrected chi connectivity index (χ3v) is 4.51. The Morgan fingerprint density at radius 1 is 0.815 bits per heavy atom. The van der Waals surface area contributed by atoms with Crippen LogP contribution in [0.5, 0.6) is 0 Å². The quantitative estimate of drug-likeness (QED) is 0.593. The van der Waals surface area contributed by atoms with Gasteiger partial charge in [0.1, 0.15) is 0 Å². The molecule has 0 aliphatic heterocycles. The van der Waals surface area contributed by atoms with E-state index in [4.69, 9.17) is 4.74 Å². The van der Waals surface area contributed by atoms with Crippen molar-refractivity contribution < 1.29 is 14.3 Å². The Bertz CT molecular complexity index is 856. The van der Waals surface area contributed by atoms with Gasteiger partial charge in [0.25, 0.3) is 5.91 Å². The summed E-state index contributed by atoms with van der Waals surface area (Å²) in [4.78, 5) is 24.5. The van der Waals surface area contributed by atoms with Crippen molar-refractivity contribution in [1.82, 2.24) is 5.32 Å². The normalized spacial score (nSPS) is 10.4. The highest BCUT2D eigenvalue weighted by molar-refractivity contribution is 9.10. The molecule has 0 fully saturated rings. The fraction of sp³-hybridized carbons (Fsp3) is 0.0909. The molecule has 1 amide bonds. The number of hydrogen-bond acceptors (Lipinski definition) is 3. The highest BCUT2D eigenvalue weighted by Gasteiger charge is 2.18. The molecule has 27 heavy (non-hydrogen) atoms. The molecule has 0 aromatic heterocycles. The van der Waals surface area contributed by atoms with Crippen LogP contribution in [0.1, 0.15) is 27.5 Å². The Morgan fingerprint density at radius 2 is 1.33 bits per heavy atom. The zero-order valence-corrected chi connectivity index (χ0v) is 16.1. The highest BCUT2D eigenvalue weighted by Crippen LogP contribution is 2.21. The second-order valence-corrected chi connectivity index (χ2v) is 6.82. The number of ether oxygens (including phenoxy) is 1. The monoisotopic (exact) mass is 423 g/mol. The van der Waals surface area contributed by atoms with Gasteiger partial charge in [-0.15, -0.1) is 0 Å². The van der Waals surface area contributed by atoms with Crippen LogP contribution in [-0.4, -0.2) is 18.5 Å². The number of carbonyl (C=O) groups is 2. The van der Waals surface area contributed by atoms with E-state index in [2.05, 4.69) is 21.2 Å².